The molecular formula is C14H21NO2. The Morgan fingerprint density at radius 1 is 1.47 bits per heavy atom. The molecule has 2 rings (SSSR count). The maximum atomic E-state index is 6.07. The highest BCUT2D eigenvalue weighted by Gasteiger charge is 2.17. The Kier molecular flexibility index (Phi) is 4.40. The molecule has 1 aromatic rings. The molecule has 17 heavy (non-hydrogen) atoms. The molecule has 0 aliphatic carbocycles. The smallest absolute Gasteiger partial charge is 0.124 e. The fourth-order valence-corrected chi connectivity index (χ4v) is 2.10. The molecule has 2 atom stereocenters. The van der Waals surface area contributed by atoms with Crippen LogP contribution in [0.3, 0.4) is 0 Å². The minimum Gasteiger partial charge on any atom is -0.491 e. The van der Waals surface area contributed by atoms with Crippen molar-refractivity contribution in [1.29, 1.82) is 0 Å². The second kappa shape index (κ2) is 6.03. The van der Waals surface area contributed by atoms with E-state index < -0.39 is 0 Å². The molecule has 1 aromatic carbocycles. The number of para-hydroxylation sites is 1. The fraction of sp³-hybridized carbons (Fsp3) is 0.571. The molecular weight excluding hydrogens is 214 g/mol. The van der Waals surface area contributed by atoms with Crippen molar-refractivity contribution in [2.75, 3.05) is 13.2 Å². The topological polar surface area (TPSA) is 44.5 Å². The van der Waals surface area contributed by atoms with Crippen LogP contribution < -0.4 is 10.5 Å². The van der Waals surface area contributed by atoms with Crippen molar-refractivity contribution in [3.05, 3.63) is 29.8 Å². The highest BCUT2D eigenvalue weighted by atomic mass is 16.5. The highest BCUT2D eigenvalue weighted by molar-refractivity contribution is 5.35. The van der Waals surface area contributed by atoms with Gasteiger partial charge >= 0.3 is 0 Å². The van der Waals surface area contributed by atoms with Crippen LogP contribution in [0.5, 0.6) is 5.75 Å². The van der Waals surface area contributed by atoms with Gasteiger partial charge in [-0.15, -0.1) is 0 Å². The Labute approximate surface area is 103 Å². The van der Waals surface area contributed by atoms with Crippen LogP contribution in [-0.4, -0.2) is 19.3 Å². The standard InChI is InChI=1S/C14H21NO2/c1-2-13(15)12-7-3-4-8-14(12)17-10-11-6-5-9-16-11/h3-4,7-8,11,13H,2,5-6,9-10,15H2,1H3. The van der Waals surface area contributed by atoms with Crippen LogP contribution in [-0.2, 0) is 4.74 Å². The van der Waals surface area contributed by atoms with Gasteiger partial charge in [-0.1, -0.05) is 25.1 Å². The van der Waals surface area contributed by atoms with E-state index in [1.54, 1.807) is 0 Å². The summed E-state index contributed by atoms with van der Waals surface area (Å²) in [6, 6.07) is 8.06. The molecule has 0 spiro atoms. The second-order valence-corrected chi connectivity index (χ2v) is 4.50. The predicted octanol–water partition coefficient (Wildman–Crippen LogP) is 2.65. The lowest BCUT2D eigenvalue weighted by atomic mass is 10.0. The van der Waals surface area contributed by atoms with E-state index in [1.165, 1.54) is 0 Å². The van der Waals surface area contributed by atoms with E-state index in [0.29, 0.717) is 6.61 Å². The minimum atomic E-state index is 0.0516. The molecule has 2 N–H and O–H groups in total. The molecule has 0 radical (unpaired) electrons. The van der Waals surface area contributed by atoms with Crippen molar-refractivity contribution in [3.8, 4) is 5.75 Å². The van der Waals surface area contributed by atoms with Crippen LogP contribution in [0.2, 0.25) is 0 Å². The van der Waals surface area contributed by atoms with E-state index in [9.17, 15) is 0 Å². The summed E-state index contributed by atoms with van der Waals surface area (Å²) in [5.41, 5.74) is 7.16. The summed E-state index contributed by atoms with van der Waals surface area (Å²) in [5, 5.41) is 0. The molecule has 0 amide bonds. The van der Waals surface area contributed by atoms with Crippen LogP contribution in [0, 0.1) is 0 Å². The number of hydrogen-bond donors (Lipinski definition) is 1. The SMILES string of the molecule is CCC(N)c1ccccc1OCC1CCCO1. The lowest BCUT2D eigenvalue weighted by molar-refractivity contribution is 0.0675. The van der Waals surface area contributed by atoms with E-state index in [0.717, 1.165) is 37.2 Å². The van der Waals surface area contributed by atoms with Gasteiger partial charge in [0.05, 0.1) is 6.10 Å². The summed E-state index contributed by atoms with van der Waals surface area (Å²) < 4.78 is 11.4. The van der Waals surface area contributed by atoms with Crippen molar-refractivity contribution < 1.29 is 9.47 Å². The lowest BCUT2D eigenvalue weighted by Crippen LogP contribution is -2.18. The first-order valence-corrected chi connectivity index (χ1v) is 6.40. The molecule has 1 fully saturated rings. The number of rotatable bonds is 5. The van der Waals surface area contributed by atoms with Gasteiger partial charge in [0.1, 0.15) is 12.4 Å². The number of ether oxygens (including phenoxy) is 2. The van der Waals surface area contributed by atoms with Crippen LogP contribution in [0.25, 0.3) is 0 Å². The summed E-state index contributed by atoms with van der Waals surface area (Å²) in [4.78, 5) is 0. The van der Waals surface area contributed by atoms with E-state index in [4.69, 9.17) is 15.2 Å². The zero-order valence-electron chi connectivity index (χ0n) is 10.4. The van der Waals surface area contributed by atoms with Crippen molar-refractivity contribution in [2.24, 2.45) is 5.73 Å². The second-order valence-electron chi connectivity index (χ2n) is 4.50. The fourth-order valence-electron chi connectivity index (χ4n) is 2.10. The van der Waals surface area contributed by atoms with Gasteiger partial charge in [-0.2, -0.15) is 0 Å². The van der Waals surface area contributed by atoms with Crippen LogP contribution in [0.4, 0.5) is 0 Å². The first-order valence-electron chi connectivity index (χ1n) is 6.40. The van der Waals surface area contributed by atoms with Gasteiger partial charge in [0.15, 0.2) is 0 Å². The normalized spacial score (nSPS) is 21.4. The lowest BCUT2D eigenvalue weighted by Gasteiger charge is -2.17. The van der Waals surface area contributed by atoms with Gasteiger partial charge in [0, 0.05) is 18.2 Å². The number of hydrogen-bond acceptors (Lipinski definition) is 3. The quantitative estimate of drug-likeness (QED) is 0.853. The van der Waals surface area contributed by atoms with Gasteiger partial charge in [-0.25, -0.2) is 0 Å². The molecule has 94 valence electrons. The summed E-state index contributed by atoms with van der Waals surface area (Å²) in [5.74, 6) is 0.900. The van der Waals surface area contributed by atoms with Crippen molar-refractivity contribution >= 4 is 0 Å². The van der Waals surface area contributed by atoms with Gasteiger partial charge in [0.2, 0.25) is 0 Å². The van der Waals surface area contributed by atoms with Crippen molar-refractivity contribution in [2.45, 2.75) is 38.3 Å². The third kappa shape index (κ3) is 3.20. The summed E-state index contributed by atoms with van der Waals surface area (Å²) in [6.45, 7) is 3.58. The van der Waals surface area contributed by atoms with Crippen LogP contribution in [0.15, 0.2) is 24.3 Å². The van der Waals surface area contributed by atoms with Crippen LogP contribution in [0.1, 0.15) is 37.8 Å². The summed E-state index contributed by atoms with van der Waals surface area (Å²) in [7, 11) is 0. The molecule has 1 aliphatic rings. The number of benzene rings is 1. The summed E-state index contributed by atoms with van der Waals surface area (Å²) in [6.07, 6.45) is 3.41. The molecule has 1 saturated heterocycles. The molecule has 0 aromatic heterocycles. The Bertz CT molecular complexity index is 348. The average Bonchev–Trinajstić information content (AvgIpc) is 2.89. The van der Waals surface area contributed by atoms with E-state index in [1.807, 2.05) is 24.3 Å². The third-order valence-corrected chi connectivity index (χ3v) is 3.21. The molecule has 2 unspecified atom stereocenters. The third-order valence-electron chi connectivity index (χ3n) is 3.21. The van der Waals surface area contributed by atoms with Gasteiger partial charge in [-0.05, 0) is 25.3 Å². The maximum Gasteiger partial charge on any atom is 0.124 e. The Balaban J connectivity index is 1.98. The van der Waals surface area contributed by atoms with Gasteiger partial charge < -0.3 is 15.2 Å². The average molecular weight is 235 g/mol. The first kappa shape index (κ1) is 12.4. The summed E-state index contributed by atoms with van der Waals surface area (Å²) >= 11 is 0. The zero-order valence-corrected chi connectivity index (χ0v) is 10.4. The molecule has 3 nitrogen and oxygen atoms in total. The monoisotopic (exact) mass is 235 g/mol. The Hall–Kier alpha value is -1.06. The van der Waals surface area contributed by atoms with Crippen LogP contribution >= 0.6 is 0 Å². The van der Waals surface area contributed by atoms with Crippen molar-refractivity contribution in [1.82, 2.24) is 0 Å². The molecule has 3 heteroatoms. The van der Waals surface area contributed by atoms with Crippen molar-refractivity contribution in [3.63, 3.8) is 0 Å². The first-order chi connectivity index (χ1) is 8.31. The Morgan fingerprint density at radius 3 is 3.00 bits per heavy atom. The highest BCUT2D eigenvalue weighted by Crippen LogP contribution is 2.26. The maximum absolute atomic E-state index is 6.07. The predicted molar refractivity (Wildman–Crippen MR) is 68.1 cm³/mol. The Morgan fingerprint density at radius 2 is 2.29 bits per heavy atom. The van der Waals surface area contributed by atoms with Gasteiger partial charge in [-0.3, -0.25) is 0 Å². The zero-order chi connectivity index (χ0) is 12.1. The van der Waals surface area contributed by atoms with E-state index in [-0.39, 0.29) is 12.1 Å². The number of nitrogens with two attached hydrogens (primary N) is 1. The van der Waals surface area contributed by atoms with E-state index in [2.05, 4.69) is 6.92 Å². The molecule has 1 aliphatic heterocycles. The molecule has 0 bridgehead atoms. The van der Waals surface area contributed by atoms with E-state index >= 15 is 0 Å². The molecule has 1 heterocycles. The van der Waals surface area contributed by atoms with Gasteiger partial charge in [0.25, 0.3) is 0 Å². The largest absolute Gasteiger partial charge is 0.491 e. The minimum absolute atomic E-state index is 0.0516. The molecule has 0 saturated carbocycles.